The highest BCUT2D eigenvalue weighted by molar-refractivity contribution is 14.0. The van der Waals surface area contributed by atoms with Crippen molar-refractivity contribution in [1.82, 2.24) is 10.6 Å². The van der Waals surface area contributed by atoms with Crippen molar-refractivity contribution in [3.05, 3.63) is 35.9 Å². The molecule has 1 atom stereocenters. The highest BCUT2D eigenvalue weighted by Crippen LogP contribution is 2.23. The van der Waals surface area contributed by atoms with Crippen LogP contribution < -0.4 is 10.6 Å². The van der Waals surface area contributed by atoms with Gasteiger partial charge in [0.05, 0.1) is 17.1 Å². The number of nitrogens with zero attached hydrogens (tertiary/aromatic N) is 1. The zero-order valence-electron chi connectivity index (χ0n) is 15.5. The lowest BCUT2D eigenvalue weighted by Gasteiger charge is -2.24. The summed E-state index contributed by atoms with van der Waals surface area (Å²) in [5.74, 6) is 0.931. The summed E-state index contributed by atoms with van der Waals surface area (Å²) in [6, 6.07) is 9.28. The molecule has 1 saturated heterocycles. The van der Waals surface area contributed by atoms with Crippen molar-refractivity contribution in [2.75, 3.05) is 32.5 Å². The van der Waals surface area contributed by atoms with E-state index in [9.17, 15) is 8.42 Å². The summed E-state index contributed by atoms with van der Waals surface area (Å²) < 4.78 is 30.1. The first kappa shape index (κ1) is 23.2. The molecule has 8 heteroatoms. The van der Waals surface area contributed by atoms with E-state index in [1.165, 1.54) is 0 Å². The van der Waals surface area contributed by atoms with Crippen LogP contribution in [-0.4, -0.2) is 52.5 Å². The highest BCUT2D eigenvalue weighted by atomic mass is 127. The van der Waals surface area contributed by atoms with Gasteiger partial charge in [-0.1, -0.05) is 30.3 Å². The Balaban J connectivity index is 0.00000338. The summed E-state index contributed by atoms with van der Waals surface area (Å²) in [7, 11) is -1.39. The van der Waals surface area contributed by atoms with Crippen molar-refractivity contribution in [3.63, 3.8) is 0 Å². The topological polar surface area (TPSA) is 79.8 Å². The second-order valence-corrected chi connectivity index (χ2v) is 8.87. The van der Waals surface area contributed by atoms with Crippen LogP contribution in [0.3, 0.4) is 0 Å². The lowest BCUT2D eigenvalue weighted by Crippen LogP contribution is -2.45. The van der Waals surface area contributed by atoms with Crippen LogP contribution in [0.15, 0.2) is 35.3 Å². The fourth-order valence-corrected chi connectivity index (χ4v) is 4.30. The van der Waals surface area contributed by atoms with Gasteiger partial charge in [-0.15, -0.1) is 24.0 Å². The number of rotatable bonds is 8. The number of nitrogens with one attached hydrogen (secondary N) is 2. The minimum atomic E-state index is -3.09. The van der Waals surface area contributed by atoms with Crippen molar-refractivity contribution < 1.29 is 13.2 Å². The maximum absolute atomic E-state index is 12.2. The third kappa shape index (κ3) is 8.22. The van der Waals surface area contributed by atoms with Crippen LogP contribution in [-0.2, 0) is 20.3 Å². The largest absolute Gasteiger partial charge is 0.373 e. The minimum absolute atomic E-state index is 0. The monoisotopic (exact) mass is 495 g/mol. The number of benzene rings is 1. The van der Waals surface area contributed by atoms with E-state index in [-0.39, 0.29) is 41.1 Å². The van der Waals surface area contributed by atoms with E-state index in [4.69, 9.17) is 4.74 Å². The summed E-state index contributed by atoms with van der Waals surface area (Å²) in [6.45, 7) is 4.16. The number of hydrogen-bond donors (Lipinski definition) is 2. The van der Waals surface area contributed by atoms with Gasteiger partial charge in [0, 0.05) is 26.7 Å². The predicted molar refractivity (Wildman–Crippen MR) is 117 cm³/mol. The van der Waals surface area contributed by atoms with Crippen molar-refractivity contribution in [2.24, 2.45) is 4.99 Å². The molecule has 0 saturated carbocycles. The molecule has 0 radical (unpaired) electrons. The standard InChI is InChI=1S/C18H29N3O3S.HI/c1-18(10-6-12-24-18)15-21-17(19-2)20-11-7-13-25(22,23)14-16-8-4-3-5-9-16;/h3-5,8-9H,6-7,10-15H2,1-2H3,(H2,19,20,21);1H. The average molecular weight is 495 g/mol. The maximum atomic E-state index is 12.2. The SMILES string of the molecule is CN=C(NCCCS(=O)(=O)Cc1ccccc1)NCC1(C)CCCO1.I. The number of guanidine groups is 1. The Morgan fingerprint density at radius 2 is 2.00 bits per heavy atom. The molecule has 2 N–H and O–H groups in total. The van der Waals surface area contributed by atoms with Crippen LogP contribution in [0, 0.1) is 0 Å². The summed E-state index contributed by atoms with van der Waals surface area (Å²) >= 11 is 0. The smallest absolute Gasteiger partial charge is 0.191 e. The number of halogens is 1. The molecule has 1 aliphatic rings. The lowest BCUT2D eigenvalue weighted by molar-refractivity contribution is 0.0243. The van der Waals surface area contributed by atoms with E-state index in [1.54, 1.807) is 7.05 Å². The molecule has 1 heterocycles. The van der Waals surface area contributed by atoms with Gasteiger partial charge in [0.1, 0.15) is 0 Å². The predicted octanol–water partition coefficient (Wildman–Crippen LogP) is 2.34. The van der Waals surface area contributed by atoms with E-state index in [2.05, 4.69) is 22.5 Å². The van der Waals surface area contributed by atoms with E-state index in [0.717, 1.165) is 25.0 Å². The second-order valence-electron chi connectivity index (χ2n) is 6.69. The molecule has 0 amide bonds. The summed E-state index contributed by atoms with van der Waals surface area (Å²) in [6.07, 6.45) is 2.67. The highest BCUT2D eigenvalue weighted by Gasteiger charge is 2.29. The van der Waals surface area contributed by atoms with Crippen LogP contribution in [0.2, 0.25) is 0 Å². The zero-order chi connectivity index (χ0) is 18.2. The molecule has 1 aromatic rings. The molecule has 26 heavy (non-hydrogen) atoms. The first-order chi connectivity index (χ1) is 11.9. The molecule has 1 unspecified atom stereocenters. The van der Waals surface area contributed by atoms with E-state index < -0.39 is 9.84 Å². The van der Waals surface area contributed by atoms with Crippen molar-refractivity contribution in [3.8, 4) is 0 Å². The Labute approximate surface area is 174 Å². The maximum Gasteiger partial charge on any atom is 0.191 e. The molecular weight excluding hydrogens is 465 g/mol. The van der Waals surface area contributed by atoms with Gasteiger partial charge in [-0.05, 0) is 31.7 Å². The summed E-state index contributed by atoms with van der Waals surface area (Å²) in [4.78, 5) is 4.17. The van der Waals surface area contributed by atoms with Gasteiger partial charge in [0.15, 0.2) is 15.8 Å². The Bertz CT molecular complexity index is 660. The van der Waals surface area contributed by atoms with Crippen molar-refractivity contribution in [1.29, 1.82) is 0 Å². The Morgan fingerprint density at radius 1 is 1.27 bits per heavy atom. The molecule has 1 aliphatic heterocycles. The molecule has 0 aliphatic carbocycles. The summed E-state index contributed by atoms with van der Waals surface area (Å²) in [5, 5.41) is 6.42. The first-order valence-electron chi connectivity index (χ1n) is 8.75. The van der Waals surface area contributed by atoms with Crippen LogP contribution in [0.4, 0.5) is 0 Å². The van der Waals surface area contributed by atoms with Crippen LogP contribution in [0.25, 0.3) is 0 Å². The number of aliphatic imine (C=N–C) groups is 1. The summed E-state index contributed by atoms with van der Waals surface area (Å²) in [5.41, 5.74) is 0.689. The molecule has 148 valence electrons. The van der Waals surface area contributed by atoms with Gasteiger partial charge in [-0.25, -0.2) is 8.42 Å². The number of sulfone groups is 1. The normalized spacial score (nSPS) is 20.5. The Morgan fingerprint density at radius 3 is 2.62 bits per heavy atom. The van der Waals surface area contributed by atoms with Gasteiger partial charge in [-0.2, -0.15) is 0 Å². The molecule has 0 bridgehead atoms. The average Bonchev–Trinajstić information content (AvgIpc) is 3.01. The molecule has 2 rings (SSSR count). The third-order valence-electron chi connectivity index (χ3n) is 4.31. The second kappa shape index (κ2) is 11.1. The van der Waals surface area contributed by atoms with Gasteiger partial charge in [0.25, 0.3) is 0 Å². The molecular formula is C18H30IN3O3S. The lowest BCUT2D eigenvalue weighted by atomic mass is 10.0. The Kier molecular flexibility index (Phi) is 9.88. The quantitative estimate of drug-likeness (QED) is 0.251. The fourth-order valence-electron chi connectivity index (χ4n) is 2.87. The van der Waals surface area contributed by atoms with Crippen LogP contribution >= 0.6 is 24.0 Å². The van der Waals surface area contributed by atoms with Crippen molar-refractivity contribution in [2.45, 2.75) is 37.5 Å². The fraction of sp³-hybridized carbons (Fsp3) is 0.611. The van der Waals surface area contributed by atoms with Crippen molar-refractivity contribution >= 4 is 39.8 Å². The van der Waals surface area contributed by atoms with Gasteiger partial charge < -0.3 is 15.4 Å². The van der Waals surface area contributed by atoms with Crippen LogP contribution in [0.1, 0.15) is 31.7 Å². The molecule has 0 spiro atoms. The first-order valence-corrected chi connectivity index (χ1v) is 10.6. The molecule has 6 nitrogen and oxygen atoms in total. The van der Waals surface area contributed by atoms with Gasteiger partial charge in [-0.3, -0.25) is 4.99 Å². The van der Waals surface area contributed by atoms with Gasteiger partial charge >= 0.3 is 0 Å². The molecule has 1 aromatic carbocycles. The molecule has 0 aromatic heterocycles. The van der Waals surface area contributed by atoms with E-state index in [0.29, 0.717) is 25.5 Å². The van der Waals surface area contributed by atoms with Gasteiger partial charge in [0.2, 0.25) is 0 Å². The van der Waals surface area contributed by atoms with Crippen LogP contribution in [0.5, 0.6) is 0 Å². The zero-order valence-corrected chi connectivity index (χ0v) is 18.7. The molecule has 1 fully saturated rings. The minimum Gasteiger partial charge on any atom is -0.373 e. The number of hydrogen-bond acceptors (Lipinski definition) is 4. The Hall–Kier alpha value is -0.870. The number of ether oxygens (including phenoxy) is 1. The third-order valence-corrected chi connectivity index (χ3v) is 5.99. The van der Waals surface area contributed by atoms with E-state index in [1.807, 2.05) is 30.3 Å². The van der Waals surface area contributed by atoms with E-state index >= 15 is 0 Å².